The monoisotopic (exact) mass is 345 g/mol. The third-order valence-electron chi connectivity index (χ3n) is 3.40. The van der Waals surface area contributed by atoms with Gasteiger partial charge in [-0.3, -0.25) is 0 Å². The number of hydrogen-bond acceptors (Lipinski definition) is 3. The van der Waals surface area contributed by atoms with Gasteiger partial charge in [-0.25, -0.2) is 14.2 Å². The molecule has 0 fully saturated rings. The second kappa shape index (κ2) is 6.72. The van der Waals surface area contributed by atoms with Gasteiger partial charge in [-0.1, -0.05) is 11.6 Å². The summed E-state index contributed by atoms with van der Waals surface area (Å²) in [7, 11) is 0. The first kappa shape index (κ1) is 16.0. The molecule has 0 atom stereocenters. The Hall–Kier alpha value is -2.86. The fraction of sp³-hybridized carbons (Fsp3) is 0.0588. The molecule has 1 aromatic heterocycles. The largest absolute Gasteiger partial charge is 0.476 e. The standard InChI is InChI=1S/C17H13ClFN3O2/c18-11-1-7-14(8-2-11)22-10-15(17(23)24)21-16(22)9-20-13-5-3-12(19)4-6-13/h1-8,10,20H,9H2,(H,23,24). The lowest BCUT2D eigenvalue weighted by molar-refractivity contribution is 0.0691. The number of carbonyl (C=O) groups is 1. The second-order valence-corrected chi connectivity index (χ2v) is 5.49. The van der Waals surface area contributed by atoms with Gasteiger partial charge in [0.1, 0.15) is 11.6 Å². The van der Waals surface area contributed by atoms with Crippen LogP contribution < -0.4 is 5.32 Å². The van der Waals surface area contributed by atoms with Crippen molar-refractivity contribution in [3.63, 3.8) is 0 Å². The van der Waals surface area contributed by atoms with E-state index in [1.54, 1.807) is 41.0 Å². The molecule has 7 heteroatoms. The van der Waals surface area contributed by atoms with Crippen molar-refractivity contribution in [2.45, 2.75) is 6.54 Å². The number of benzene rings is 2. The molecule has 0 saturated heterocycles. The number of aromatic carboxylic acids is 1. The normalized spacial score (nSPS) is 10.6. The average Bonchev–Trinajstić information content (AvgIpc) is 2.99. The van der Waals surface area contributed by atoms with E-state index in [1.165, 1.54) is 18.3 Å². The van der Waals surface area contributed by atoms with Gasteiger partial charge in [0, 0.05) is 22.6 Å². The maximum absolute atomic E-state index is 12.9. The van der Waals surface area contributed by atoms with Gasteiger partial charge in [0.2, 0.25) is 0 Å². The predicted octanol–water partition coefficient (Wildman–Crippen LogP) is 3.98. The van der Waals surface area contributed by atoms with E-state index in [0.29, 0.717) is 16.5 Å². The predicted molar refractivity (Wildman–Crippen MR) is 89.3 cm³/mol. The zero-order valence-corrected chi connectivity index (χ0v) is 13.2. The van der Waals surface area contributed by atoms with Crippen LogP contribution >= 0.6 is 11.6 Å². The van der Waals surface area contributed by atoms with Crippen LogP contribution in [0, 0.1) is 5.82 Å². The Morgan fingerprint density at radius 2 is 1.83 bits per heavy atom. The summed E-state index contributed by atoms with van der Waals surface area (Å²) in [5.41, 5.74) is 1.40. The molecule has 0 unspecified atom stereocenters. The topological polar surface area (TPSA) is 67.2 Å². The van der Waals surface area contributed by atoms with Gasteiger partial charge in [-0.05, 0) is 48.5 Å². The zero-order valence-electron chi connectivity index (χ0n) is 12.4. The third kappa shape index (κ3) is 3.55. The van der Waals surface area contributed by atoms with Gasteiger partial charge in [0.25, 0.3) is 0 Å². The number of carboxylic acid groups (broad SMARTS) is 1. The van der Waals surface area contributed by atoms with Crippen LogP contribution in [0.1, 0.15) is 16.3 Å². The lowest BCUT2D eigenvalue weighted by atomic mass is 10.3. The molecule has 0 bridgehead atoms. The summed E-state index contributed by atoms with van der Waals surface area (Å²) in [4.78, 5) is 15.3. The molecule has 0 aliphatic rings. The molecule has 2 aromatic carbocycles. The molecular weight excluding hydrogens is 333 g/mol. The maximum atomic E-state index is 12.9. The number of hydrogen-bond donors (Lipinski definition) is 2. The summed E-state index contributed by atoms with van der Waals surface area (Å²) in [5.74, 6) is -0.916. The van der Waals surface area contributed by atoms with E-state index in [-0.39, 0.29) is 18.1 Å². The van der Waals surface area contributed by atoms with E-state index in [0.717, 1.165) is 5.69 Å². The summed E-state index contributed by atoms with van der Waals surface area (Å²) in [6.45, 7) is 0.279. The first-order valence-electron chi connectivity index (χ1n) is 7.10. The highest BCUT2D eigenvalue weighted by Gasteiger charge is 2.14. The van der Waals surface area contributed by atoms with Crippen LogP contribution in [0.3, 0.4) is 0 Å². The number of aromatic nitrogens is 2. The van der Waals surface area contributed by atoms with Gasteiger partial charge in [-0.2, -0.15) is 0 Å². The minimum Gasteiger partial charge on any atom is -0.476 e. The van der Waals surface area contributed by atoms with Gasteiger partial charge in [-0.15, -0.1) is 0 Å². The summed E-state index contributed by atoms with van der Waals surface area (Å²) in [6.07, 6.45) is 1.45. The molecule has 0 saturated carbocycles. The van der Waals surface area contributed by atoms with E-state index in [9.17, 15) is 14.3 Å². The number of carboxylic acids is 1. The highest BCUT2D eigenvalue weighted by Crippen LogP contribution is 2.18. The number of rotatable bonds is 5. The fourth-order valence-electron chi connectivity index (χ4n) is 2.22. The SMILES string of the molecule is O=C(O)c1cn(-c2ccc(Cl)cc2)c(CNc2ccc(F)cc2)n1. The van der Waals surface area contributed by atoms with E-state index < -0.39 is 5.97 Å². The summed E-state index contributed by atoms with van der Waals surface area (Å²) < 4.78 is 14.6. The molecule has 2 N–H and O–H groups in total. The minimum atomic E-state index is -1.11. The molecule has 3 aromatic rings. The smallest absolute Gasteiger partial charge is 0.356 e. The van der Waals surface area contributed by atoms with Crippen molar-refractivity contribution in [2.24, 2.45) is 0 Å². The second-order valence-electron chi connectivity index (χ2n) is 5.05. The van der Waals surface area contributed by atoms with Gasteiger partial charge >= 0.3 is 5.97 Å². The highest BCUT2D eigenvalue weighted by atomic mass is 35.5. The van der Waals surface area contributed by atoms with Crippen molar-refractivity contribution in [3.05, 3.63) is 77.1 Å². The van der Waals surface area contributed by atoms with Crippen LogP contribution in [0.15, 0.2) is 54.7 Å². The van der Waals surface area contributed by atoms with Crippen LogP contribution in [0.25, 0.3) is 5.69 Å². The van der Waals surface area contributed by atoms with Crippen molar-refractivity contribution in [1.82, 2.24) is 9.55 Å². The molecule has 0 aliphatic heterocycles. The molecule has 5 nitrogen and oxygen atoms in total. The molecule has 1 heterocycles. The van der Waals surface area contributed by atoms with Crippen molar-refractivity contribution in [2.75, 3.05) is 5.32 Å². The third-order valence-corrected chi connectivity index (χ3v) is 3.65. The van der Waals surface area contributed by atoms with Crippen LogP contribution in [0.4, 0.5) is 10.1 Å². The Morgan fingerprint density at radius 1 is 1.17 bits per heavy atom. The summed E-state index contributed by atoms with van der Waals surface area (Å²) in [5, 5.41) is 12.8. The van der Waals surface area contributed by atoms with Gasteiger partial charge < -0.3 is 15.0 Å². The van der Waals surface area contributed by atoms with Gasteiger partial charge in [0.15, 0.2) is 5.69 Å². The number of anilines is 1. The Labute approximate surface area is 142 Å². The molecular formula is C17H13ClFN3O2. The molecule has 122 valence electrons. The Bertz CT molecular complexity index is 861. The molecule has 24 heavy (non-hydrogen) atoms. The number of nitrogens with one attached hydrogen (secondary N) is 1. The highest BCUT2D eigenvalue weighted by molar-refractivity contribution is 6.30. The number of imidazole rings is 1. The van der Waals surface area contributed by atoms with Crippen molar-refractivity contribution >= 4 is 23.3 Å². The maximum Gasteiger partial charge on any atom is 0.356 e. The molecule has 0 spiro atoms. The van der Waals surface area contributed by atoms with Crippen LogP contribution in [-0.2, 0) is 6.54 Å². The Kier molecular flexibility index (Phi) is 4.48. The molecule has 3 rings (SSSR count). The Morgan fingerprint density at radius 3 is 2.46 bits per heavy atom. The van der Waals surface area contributed by atoms with Crippen LogP contribution in [0.5, 0.6) is 0 Å². The molecule has 0 amide bonds. The molecule has 0 aliphatic carbocycles. The van der Waals surface area contributed by atoms with Crippen LogP contribution in [0.2, 0.25) is 5.02 Å². The van der Waals surface area contributed by atoms with Crippen molar-refractivity contribution in [1.29, 1.82) is 0 Å². The van der Waals surface area contributed by atoms with Crippen molar-refractivity contribution < 1.29 is 14.3 Å². The number of nitrogens with zero attached hydrogens (tertiary/aromatic N) is 2. The quantitative estimate of drug-likeness (QED) is 0.734. The van der Waals surface area contributed by atoms with E-state index in [4.69, 9.17) is 11.6 Å². The van der Waals surface area contributed by atoms with Crippen molar-refractivity contribution in [3.8, 4) is 5.69 Å². The lowest BCUT2D eigenvalue weighted by Gasteiger charge is -2.10. The Balaban J connectivity index is 1.89. The first-order chi connectivity index (χ1) is 11.5. The minimum absolute atomic E-state index is 0.0548. The van der Waals surface area contributed by atoms with E-state index >= 15 is 0 Å². The summed E-state index contributed by atoms with van der Waals surface area (Å²) in [6, 6.07) is 12.9. The number of halogens is 2. The first-order valence-corrected chi connectivity index (χ1v) is 7.47. The average molecular weight is 346 g/mol. The van der Waals surface area contributed by atoms with Crippen LogP contribution in [-0.4, -0.2) is 20.6 Å². The lowest BCUT2D eigenvalue weighted by Crippen LogP contribution is -2.07. The fourth-order valence-corrected chi connectivity index (χ4v) is 2.35. The molecule has 0 radical (unpaired) electrons. The summed E-state index contributed by atoms with van der Waals surface area (Å²) >= 11 is 5.89. The zero-order chi connectivity index (χ0) is 17.1. The van der Waals surface area contributed by atoms with Gasteiger partial charge in [0.05, 0.1) is 6.54 Å². The van der Waals surface area contributed by atoms with E-state index in [2.05, 4.69) is 10.3 Å². The van der Waals surface area contributed by atoms with E-state index in [1.807, 2.05) is 0 Å².